The van der Waals surface area contributed by atoms with Gasteiger partial charge in [0.05, 0.1) is 10.7 Å². The highest BCUT2D eigenvalue weighted by Crippen LogP contribution is 2.42. The van der Waals surface area contributed by atoms with Crippen molar-refractivity contribution in [3.05, 3.63) is 15.6 Å². The Kier molecular flexibility index (Phi) is 5.33. The minimum absolute atomic E-state index is 0.673. The first-order valence-corrected chi connectivity index (χ1v) is 9.79. The van der Waals surface area contributed by atoms with Gasteiger partial charge in [0.25, 0.3) is 0 Å². The predicted octanol–water partition coefficient (Wildman–Crippen LogP) is 4.86. The summed E-state index contributed by atoms with van der Waals surface area (Å²) in [6.07, 6.45) is 10.7. The lowest BCUT2D eigenvalue weighted by molar-refractivity contribution is 0.343. The number of rotatable bonds is 5. The number of aryl methyl sites for hydroxylation is 1. The standard InChI is InChI=1S/C18H30N2S/c1-3-10-19-12-15-8-5-9-16-17(15)20-18(21-16)14-7-4-6-13(2)11-14/h13-15,19H,3-12H2,1-2H3. The monoisotopic (exact) mass is 306 g/mol. The normalized spacial score (nSPS) is 29.3. The van der Waals surface area contributed by atoms with Crippen LogP contribution in [0.3, 0.4) is 0 Å². The van der Waals surface area contributed by atoms with Gasteiger partial charge >= 0.3 is 0 Å². The fourth-order valence-corrected chi connectivity index (χ4v) is 5.35. The van der Waals surface area contributed by atoms with Crippen LogP contribution < -0.4 is 5.32 Å². The zero-order valence-corrected chi connectivity index (χ0v) is 14.5. The van der Waals surface area contributed by atoms with E-state index in [1.807, 2.05) is 11.3 Å². The van der Waals surface area contributed by atoms with Crippen molar-refractivity contribution in [2.45, 2.75) is 77.0 Å². The van der Waals surface area contributed by atoms with Crippen LogP contribution in [0.4, 0.5) is 0 Å². The summed E-state index contributed by atoms with van der Waals surface area (Å²) >= 11 is 2.05. The molecule has 0 aliphatic heterocycles. The Morgan fingerprint density at radius 2 is 2.14 bits per heavy atom. The van der Waals surface area contributed by atoms with Gasteiger partial charge in [-0.2, -0.15) is 0 Å². The summed E-state index contributed by atoms with van der Waals surface area (Å²) < 4.78 is 0. The fraction of sp³-hybridized carbons (Fsp3) is 0.833. The third-order valence-electron chi connectivity index (χ3n) is 5.19. The van der Waals surface area contributed by atoms with Crippen LogP contribution in [0.2, 0.25) is 0 Å². The highest BCUT2D eigenvalue weighted by Gasteiger charge is 2.28. The molecule has 1 saturated carbocycles. The zero-order valence-electron chi connectivity index (χ0n) is 13.7. The second-order valence-electron chi connectivity index (χ2n) is 7.12. The van der Waals surface area contributed by atoms with Gasteiger partial charge < -0.3 is 5.32 Å². The SMILES string of the molecule is CCCNCC1CCCc2sc(C3CCCC(C)C3)nc21. The van der Waals surface area contributed by atoms with Crippen molar-refractivity contribution >= 4 is 11.3 Å². The summed E-state index contributed by atoms with van der Waals surface area (Å²) in [7, 11) is 0. The van der Waals surface area contributed by atoms with E-state index in [-0.39, 0.29) is 0 Å². The number of hydrogen-bond donors (Lipinski definition) is 1. The van der Waals surface area contributed by atoms with Crippen molar-refractivity contribution < 1.29 is 0 Å². The van der Waals surface area contributed by atoms with Gasteiger partial charge in [-0.15, -0.1) is 11.3 Å². The molecule has 2 aliphatic carbocycles. The molecule has 0 radical (unpaired) electrons. The maximum Gasteiger partial charge on any atom is 0.0962 e. The molecule has 3 atom stereocenters. The molecule has 0 bridgehead atoms. The molecule has 21 heavy (non-hydrogen) atoms. The van der Waals surface area contributed by atoms with Gasteiger partial charge in [0, 0.05) is 23.3 Å². The quantitative estimate of drug-likeness (QED) is 0.786. The molecule has 1 aromatic rings. The highest BCUT2D eigenvalue weighted by atomic mass is 32.1. The van der Waals surface area contributed by atoms with Crippen molar-refractivity contribution in [2.75, 3.05) is 13.1 Å². The number of aromatic nitrogens is 1. The molecular formula is C18H30N2S. The summed E-state index contributed by atoms with van der Waals surface area (Å²) in [6.45, 7) is 6.93. The number of thiazole rings is 1. The molecule has 1 fully saturated rings. The Labute approximate surface area is 133 Å². The van der Waals surface area contributed by atoms with Crippen molar-refractivity contribution in [1.29, 1.82) is 0 Å². The van der Waals surface area contributed by atoms with Crippen LogP contribution in [0.1, 0.15) is 86.2 Å². The van der Waals surface area contributed by atoms with E-state index in [0.717, 1.165) is 24.9 Å². The van der Waals surface area contributed by atoms with Crippen molar-refractivity contribution in [1.82, 2.24) is 10.3 Å². The molecule has 0 spiro atoms. The smallest absolute Gasteiger partial charge is 0.0962 e. The molecule has 118 valence electrons. The third kappa shape index (κ3) is 3.68. The summed E-state index contributed by atoms with van der Waals surface area (Å²) in [5.74, 6) is 2.33. The zero-order chi connectivity index (χ0) is 14.7. The first kappa shape index (κ1) is 15.5. The van der Waals surface area contributed by atoms with Crippen LogP contribution in [0.15, 0.2) is 0 Å². The molecule has 1 heterocycles. The highest BCUT2D eigenvalue weighted by molar-refractivity contribution is 7.11. The van der Waals surface area contributed by atoms with E-state index >= 15 is 0 Å². The first-order valence-electron chi connectivity index (χ1n) is 8.98. The average Bonchev–Trinajstić information content (AvgIpc) is 2.92. The van der Waals surface area contributed by atoms with Crippen LogP contribution in [-0.2, 0) is 6.42 Å². The molecule has 0 saturated heterocycles. The Bertz CT molecular complexity index is 454. The van der Waals surface area contributed by atoms with E-state index in [1.165, 1.54) is 62.1 Å². The Balaban J connectivity index is 1.71. The number of nitrogens with one attached hydrogen (secondary N) is 1. The summed E-state index contributed by atoms with van der Waals surface area (Å²) in [5.41, 5.74) is 1.46. The lowest BCUT2D eigenvalue weighted by Gasteiger charge is -2.25. The van der Waals surface area contributed by atoms with Gasteiger partial charge in [-0.05, 0) is 51.0 Å². The van der Waals surface area contributed by atoms with E-state index < -0.39 is 0 Å². The van der Waals surface area contributed by atoms with Gasteiger partial charge in [0.2, 0.25) is 0 Å². The fourth-order valence-electron chi connectivity index (χ4n) is 4.01. The molecule has 2 aliphatic rings. The Hall–Kier alpha value is -0.410. The second kappa shape index (κ2) is 7.23. The van der Waals surface area contributed by atoms with Crippen molar-refractivity contribution in [3.63, 3.8) is 0 Å². The molecule has 0 amide bonds. The molecule has 2 nitrogen and oxygen atoms in total. The lowest BCUT2D eigenvalue weighted by Crippen LogP contribution is -2.25. The molecule has 0 aromatic carbocycles. The largest absolute Gasteiger partial charge is 0.316 e. The summed E-state index contributed by atoms with van der Waals surface area (Å²) in [4.78, 5) is 6.76. The molecule has 1 aromatic heterocycles. The van der Waals surface area contributed by atoms with E-state index in [2.05, 4.69) is 19.2 Å². The van der Waals surface area contributed by atoms with Gasteiger partial charge in [0.1, 0.15) is 0 Å². The number of hydrogen-bond acceptors (Lipinski definition) is 3. The second-order valence-corrected chi connectivity index (χ2v) is 8.24. The maximum absolute atomic E-state index is 5.15. The number of fused-ring (bicyclic) bond motifs is 1. The van der Waals surface area contributed by atoms with E-state index in [1.54, 1.807) is 4.88 Å². The Morgan fingerprint density at radius 1 is 1.24 bits per heavy atom. The van der Waals surface area contributed by atoms with Gasteiger partial charge in [-0.1, -0.05) is 26.7 Å². The minimum Gasteiger partial charge on any atom is -0.316 e. The van der Waals surface area contributed by atoms with Gasteiger partial charge in [-0.3, -0.25) is 0 Å². The number of nitrogens with zero attached hydrogens (tertiary/aromatic N) is 1. The van der Waals surface area contributed by atoms with E-state index in [4.69, 9.17) is 4.98 Å². The van der Waals surface area contributed by atoms with Crippen molar-refractivity contribution in [3.8, 4) is 0 Å². The predicted molar refractivity (Wildman–Crippen MR) is 91.3 cm³/mol. The summed E-state index contributed by atoms with van der Waals surface area (Å²) in [6, 6.07) is 0. The van der Waals surface area contributed by atoms with Gasteiger partial charge in [-0.25, -0.2) is 4.98 Å². The molecule has 3 rings (SSSR count). The average molecular weight is 307 g/mol. The Morgan fingerprint density at radius 3 is 2.95 bits per heavy atom. The summed E-state index contributed by atoms with van der Waals surface area (Å²) in [5, 5.41) is 5.07. The minimum atomic E-state index is 0.673. The van der Waals surface area contributed by atoms with Crippen LogP contribution in [0, 0.1) is 5.92 Å². The molecular weight excluding hydrogens is 276 g/mol. The molecule has 3 unspecified atom stereocenters. The van der Waals surface area contributed by atoms with Crippen LogP contribution in [0.25, 0.3) is 0 Å². The van der Waals surface area contributed by atoms with Crippen LogP contribution in [0.5, 0.6) is 0 Å². The van der Waals surface area contributed by atoms with Crippen molar-refractivity contribution in [2.24, 2.45) is 5.92 Å². The van der Waals surface area contributed by atoms with E-state index in [9.17, 15) is 0 Å². The van der Waals surface area contributed by atoms with Crippen LogP contribution >= 0.6 is 11.3 Å². The molecule has 1 N–H and O–H groups in total. The first-order chi connectivity index (χ1) is 10.3. The third-order valence-corrected chi connectivity index (χ3v) is 6.48. The van der Waals surface area contributed by atoms with Crippen LogP contribution in [-0.4, -0.2) is 18.1 Å². The lowest BCUT2D eigenvalue weighted by atomic mass is 9.83. The van der Waals surface area contributed by atoms with E-state index in [0.29, 0.717) is 5.92 Å². The maximum atomic E-state index is 5.15. The molecule has 3 heteroatoms. The topological polar surface area (TPSA) is 24.9 Å². The van der Waals surface area contributed by atoms with Gasteiger partial charge in [0.15, 0.2) is 0 Å².